The molecule has 118 valence electrons. The number of rotatable bonds is 6. The summed E-state index contributed by atoms with van der Waals surface area (Å²) >= 11 is 0. The lowest BCUT2D eigenvalue weighted by Crippen LogP contribution is -2.19. The first-order chi connectivity index (χ1) is 10.5. The van der Waals surface area contributed by atoms with Gasteiger partial charge < -0.3 is 13.9 Å². The lowest BCUT2D eigenvalue weighted by atomic mass is 10.3. The lowest BCUT2D eigenvalue weighted by Gasteiger charge is -2.10. The number of hydrogen-bond donors (Lipinski definition) is 1. The van der Waals surface area contributed by atoms with Gasteiger partial charge in [0.2, 0.25) is 0 Å². The molecule has 2 rings (SSSR count). The second-order valence-electron chi connectivity index (χ2n) is 4.32. The number of benzene rings is 1. The summed E-state index contributed by atoms with van der Waals surface area (Å²) in [6, 6.07) is 7.90. The Kier molecular flexibility index (Phi) is 4.71. The molecule has 0 saturated carbocycles. The zero-order chi connectivity index (χ0) is 16.2. The van der Waals surface area contributed by atoms with Crippen LogP contribution in [0.15, 0.2) is 44.7 Å². The van der Waals surface area contributed by atoms with Crippen molar-refractivity contribution in [2.24, 2.45) is 5.10 Å². The van der Waals surface area contributed by atoms with Gasteiger partial charge in [0.15, 0.2) is 0 Å². The highest BCUT2D eigenvalue weighted by Crippen LogP contribution is 2.27. The average Bonchev–Trinajstić information content (AvgIpc) is 2.91. The fourth-order valence-corrected chi connectivity index (χ4v) is 2.70. The minimum absolute atomic E-state index is 0.0675. The van der Waals surface area contributed by atoms with Gasteiger partial charge in [-0.2, -0.15) is 18.4 Å². The molecule has 0 fully saturated rings. The van der Waals surface area contributed by atoms with Gasteiger partial charge in [0.25, 0.3) is 10.0 Å². The lowest BCUT2D eigenvalue weighted by molar-refractivity contribution is 0.392. The van der Waals surface area contributed by atoms with Crippen LogP contribution in [-0.2, 0) is 10.0 Å². The zero-order valence-electron chi connectivity index (χ0n) is 12.4. The Labute approximate surface area is 128 Å². The van der Waals surface area contributed by atoms with Crippen molar-refractivity contribution in [2.45, 2.75) is 11.8 Å². The van der Waals surface area contributed by atoms with Gasteiger partial charge in [-0.15, -0.1) is 0 Å². The maximum Gasteiger partial charge on any atom is 0.280 e. The van der Waals surface area contributed by atoms with Gasteiger partial charge in [0.1, 0.15) is 27.9 Å². The molecule has 0 saturated heterocycles. The Hall–Kier alpha value is -2.48. The maximum atomic E-state index is 12.3. The molecule has 1 aromatic carbocycles. The third kappa shape index (κ3) is 3.59. The predicted molar refractivity (Wildman–Crippen MR) is 80.9 cm³/mol. The number of methoxy groups -OCH3 is 2. The number of sulfonamides is 1. The van der Waals surface area contributed by atoms with Crippen molar-refractivity contribution in [2.75, 3.05) is 14.2 Å². The minimum Gasteiger partial charge on any atom is -0.497 e. The van der Waals surface area contributed by atoms with Gasteiger partial charge in [0, 0.05) is 6.07 Å². The van der Waals surface area contributed by atoms with Crippen LogP contribution in [0.25, 0.3) is 0 Å². The highest BCUT2D eigenvalue weighted by molar-refractivity contribution is 7.89. The molecule has 0 atom stereocenters. The molecule has 0 spiro atoms. The minimum atomic E-state index is -3.89. The summed E-state index contributed by atoms with van der Waals surface area (Å²) in [6.45, 7) is 1.78. The molecule has 1 heterocycles. The van der Waals surface area contributed by atoms with E-state index >= 15 is 0 Å². The summed E-state index contributed by atoms with van der Waals surface area (Å²) in [6.07, 6.45) is 1.27. The van der Waals surface area contributed by atoms with E-state index < -0.39 is 10.0 Å². The van der Waals surface area contributed by atoms with E-state index in [0.717, 1.165) is 0 Å². The fourth-order valence-electron chi connectivity index (χ4n) is 1.73. The number of hydrazone groups is 1. The van der Waals surface area contributed by atoms with Crippen LogP contribution >= 0.6 is 0 Å². The fraction of sp³-hybridized carbons (Fsp3) is 0.214. The molecular weight excluding hydrogens is 308 g/mol. The predicted octanol–water partition coefficient (Wildman–Crippen LogP) is 1.92. The smallest absolute Gasteiger partial charge is 0.280 e. The largest absolute Gasteiger partial charge is 0.497 e. The summed E-state index contributed by atoms with van der Waals surface area (Å²) in [7, 11) is -1.06. The van der Waals surface area contributed by atoms with Crippen molar-refractivity contribution in [3.63, 3.8) is 0 Å². The molecule has 8 heteroatoms. The molecule has 0 aliphatic carbocycles. The van der Waals surface area contributed by atoms with Crippen LogP contribution < -0.4 is 14.3 Å². The van der Waals surface area contributed by atoms with Crippen molar-refractivity contribution in [1.29, 1.82) is 0 Å². The van der Waals surface area contributed by atoms with E-state index in [1.807, 2.05) is 0 Å². The highest BCUT2D eigenvalue weighted by Gasteiger charge is 2.20. The Morgan fingerprint density at radius 1 is 1.18 bits per heavy atom. The van der Waals surface area contributed by atoms with E-state index in [1.165, 1.54) is 32.6 Å². The Morgan fingerprint density at radius 2 is 1.95 bits per heavy atom. The van der Waals surface area contributed by atoms with Crippen molar-refractivity contribution in [3.05, 3.63) is 41.9 Å². The molecular formula is C14H16N2O5S. The van der Waals surface area contributed by atoms with Crippen LogP contribution in [0.3, 0.4) is 0 Å². The first-order valence-electron chi connectivity index (χ1n) is 6.29. The van der Waals surface area contributed by atoms with Gasteiger partial charge in [-0.05, 0) is 31.2 Å². The van der Waals surface area contributed by atoms with E-state index in [-0.39, 0.29) is 10.6 Å². The molecule has 0 unspecified atom stereocenters. The molecule has 1 aromatic heterocycles. The SMILES string of the molecule is COc1ccc(OC)c(S(=O)(=O)N/N=C/c2ccc(C)o2)c1. The first kappa shape index (κ1) is 15.9. The van der Waals surface area contributed by atoms with Gasteiger partial charge in [0.05, 0.1) is 20.4 Å². The number of nitrogens with one attached hydrogen (secondary N) is 1. The van der Waals surface area contributed by atoms with Crippen molar-refractivity contribution < 1.29 is 22.3 Å². The van der Waals surface area contributed by atoms with E-state index in [1.54, 1.807) is 25.1 Å². The second kappa shape index (κ2) is 6.52. The average molecular weight is 324 g/mol. The van der Waals surface area contributed by atoms with Crippen LogP contribution in [-0.4, -0.2) is 28.9 Å². The van der Waals surface area contributed by atoms with E-state index in [2.05, 4.69) is 9.93 Å². The summed E-state index contributed by atoms with van der Waals surface area (Å²) in [4.78, 5) is 2.04. The van der Waals surface area contributed by atoms with Crippen LogP contribution in [0.2, 0.25) is 0 Å². The van der Waals surface area contributed by atoms with E-state index in [0.29, 0.717) is 17.3 Å². The molecule has 0 aliphatic heterocycles. The number of aryl methyl sites for hydroxylation is 1. The second-order valence-corrected chi connectivity index (χ2v) is 5.95. The third-order valence-corrected chi connectivity index (χ3v) is 4.03. The molecule has 0 bridgehead atoms. The third-order valence-electron chi connectivity index (χ3n) is 2.79. The monoisotopic (exact) mass is 324 g/mol. The van der Waals surface area contributed by atoms with Gasteiger partial charge >= 0.3 is 0 Å². The Balaban J connectivity index is 2.24. The van der Waals surface area contributed by atoms with Crippen LogP contribution in [0.1, 0.15) is 11.5 Å². The molecule has 0 aliphatic rings. The quantitative estimate of drug-likeness (QED) is 0.647. The molecule has 7 nitrogen and oxygen atoms in total. The number of furan rings is 1. The summed E-state index contributed by atoms with van der Waals surface area (Å²) in [5.74, 6) is 1.74. The number of nitrogens with zero attached hydrogens (tertiary/aromatic N) is 1. The van der Waals surface area contributed by atoms with Gasteiger partial charge in [-0.3, -0.25) is 0 Å². The highest BCUT2D eigenvalue weighted by atomic mass is 32.2. The molecule has 2 aromatic rings. The zero-order valence-corrected chi connectivity index (χ0v) is 13.2. The summed E-state index contributed by atoms with van der Waals surface area (Å²) in [5.41, 5.74) is 0. The van der Waals surface area contributed by atoms with E-state index in [4.69, 9.17) is 13.9 Å². The van der Waals surface area contributed by atoms with Crippen LogP contribution in [0.4, 0.5) is 0 Å². The topological polar surface area (TPSA) is 90.1 Å². The van der Waals surface area contributed by atoms with Crippen molar-refractivity contribution in [3.8, 4) is 11.5 Å². The molecule has 0 amide bonds. The van der Waals surface area contributed by atoms with Gasteiger partial charge in [-0.1, -0.05) is 0 Å². The molecule has 1 N–H and O–H groups in total. The standard InChI is InChI=1S/C14H16N2O5S/c1-10-4-5-12(21-10)9-15-16-22(17,18)14-8-11(19-2)6-7-13(14)20-3/h4-9,16H,1-3H3/b15-9+. The van der Waals surface area contributed by atoms with Crippen LogP contribution in [0, 0.1) is 6.92 Å². The first-order valence-corrected chi connectivity index (χ1v) is 7.78. The summed E-state index contributed by atoms with van der Waals surface area (Å²) in [5, 5.41) is 3.68. The molecule has 0 radical (unpaired) electrons. The summed E-state index contributed by atoms with van der Waals surface area (Å²) < 4.78 is 39.9. The number of ether oxygens (including phenoxy) is 2. The van der Waals surface area contributed by atoms with E-state index in [9.17, 15) is 8.42 Å². The normalized spacial score (nSPS) is 11.6. The van der Waals surface area contributed by atoms with Gasteiger partial charge in [-0.25, -0.2) is 0 Å². The number of hydrogen-bond acceptors (Lipinski definition) is 6. The maximum absolute atomic E-state index is 12.3. The Bertz CT molecular complexity index is 780. The Morgan fingerprint density at radius 3 is 2.55 bits per heavy atom. The van der Waals surface area contributed by atoms with Crippen LogP contribution in [0.5, 0.6) is 11.5 Å². The van der Waals surface area contributed by atoms with Crippen molar-refractivity contribution in [1.82, 2.24) is 4.83 Å². The van der Waals surface area contributed by atoms with Crippen molar-refractivity contribution >= 4 is 16.2 Å². The molecule has 22 heavy (non-hydrogen) atoms.